The van der Waals surface area contributed by atoms with E-state index in [0.29, 0.717) is 0 Å². The Labute approximate surface area is 107 Å². The zero-order chi connectivity index (χ0) is 11.8. The summed E-state index contributed by atoms with van der Waals surface area (Å²) in [5, 5.41) is 0. The summed E-state index contributed by atoms with van der Waals surface area (Å²) in [6, 6.07) is 8.47. The van der Waals surface area contributed by atoms with Gasteiger partial charge in [-0.15, -0.1) is 0 Å². The fourth-order valence-corrected chi connectivity index (χ4v) is 2.03. The SMILES string of the molecule is CCOCCN(CC)Cc1cccc(Br)c1. The zero-order valence-electron chi connectivity index (χ0n) is 10.1. The maximum Gasteiger partial charge on any atom is 0.0593 e. The van der Waals surface area contributed by atoms with Gasteiger partial charge in [-0.25, -0.2) is 0 Å². The number of ether oxygens (including phenoxy) is 1. The van der Waals surface area contributed by atoms with Crippen LogP contribution >= 0.6 is 15.9 Å². The van der Waals surface area contributed by atoms with Crippen molar-refractivity contribution in [1.82, 2.24) is 4.90 Å². The van der Waals surface area contributed by atoms with Crippen molar-refractivity contribution in [3.63, 3.8) is 0 Å². The van der Waals surface area contributed by atoms with Gasteiger partial charge < -0.3 is 4.74 Å². The fourth-order valence-electron chi connectivity index (χ4n) is 1.58. The van der Waals surface area contributed by atoms with Gasteiger partial charge in [0, 0.05) is 24.2 Å². The molecule has 0 aliphatic carbocycles. The first-order valence-corrected chi connectivity index (χ1v) is 6.60. The Morgan fingerprint density at radius 2 is 2.12 bits per heavy atom. The molecule has 0 bridgehead atoms. The molecule has 1 aromatic rings. The molecule has 1 aromatic carbocycles. The third-order valence-corrected chi connectivity index (χ3v) is 2.99. The highest BCUT2D eigenvalue weighted by Crippen LogP contribution is 2.13. The Balaban J connectivity index is 2.43. The molecule has 0 atom stereocenters. The lowest BCUT2D eigenvalue weighted by Crippen LogP contribution is -2.27. The highest BCUT2D eigenvalue weighted by atomic mass is 79.9. The van der Waals surface area contributed by atoms with Gasteiger partial charge in [-0.1, -0.05) is 35.0 Å². The van der Waals surface area contributed by atoms with Gasteiger partial charge in [0.1, 0.15) is 0 Å². The summed E-state index contributed by atoms with van der Waals surface area (Å²) in [5.41, 5.74) is 1.34. The van der Waals surface area contributed by atoms with Crippen LogP contribution in [0.3, 0.4) is 0 Å². The molecule has 1 rings (SSSR count). The number of hydrogen-bond donors (Lipinski definition) is 0. The standard InChI is InChI=1S/C13H20BrNO/c1-3-15(8-9-16-4-2)11-12-6-5-7-13(14)10-12/h5-7,10H,3-4,8-9,11H2,1-2H3. The molecule has 0 aliphatic heterocycles. The van der Waals surface area contributed by atoms with Gasteiger partial charge in [-0.05, 0) is 31.2 Å². The summed E-state index contributed by atoms with van der Waals surface area (Å²) >= 11 is 3.49. The molecule has 0 aromatic heterocycles. The molecule has 0 radical (unpaired) electrons. The molecular weight excluding hydrogens is 266 g/mol. The molecule has 0 heterocycles. The third-order valence-electron chi connectivity index (χ3n) is 2.50. The molecule has 0 saturated heterocycles. The van der Waals surface area contributed by atoms with Crippen LogP contribution in [0, 0.1) is 0 Å². The van der Waals surface area contributed by atoms with E-state index in [-0.39, 0.29) is 0 Å². The van der Waals surface area contributed by atoms with Crippen molar-refractivity contribution in [2.75, 3.05) is 26.3 Å². The van der Waals surface area contributed by atoms with Gasteiger partial charge in [0.15, 0.2) is 0 Å². The molecule has 2 nitrogen and oxygen atoms in total. The zero-order valence-corrected chi connectivity index (χ0v) is 11.7. The highest BCUT2D eigenvalue weighted by molar-refractivity contribution is 9.10. The van der Waals surface area contributed by atoms with E-state index in [4.69, 9.17) is 4.74 Å². The molecule has 0 unspecified atom stereocenters. The molecule has 0 N–H and O–H groups in total. The lowest BCUT2D eigenvalue weighted by Gasteiger charge is -2.20. The number of likely N-dealkylation sites (N-methyl/N-ethyl adjacent to an activating group) is 1. The van der Waals surface area contributed by atoms with Crippen LogP contribution in [0.15, 0.2) is 28.7 Å². The molecule has 0 saturated carbocycles. The van der Waals surface area contributed by atoms with Gasteiger partial charge in [0.2, 0.25) is 0 Å². The Bertz CT molecular complexity index is 304. The Morgan fingerprint density at radius 3 is 2.75 bits per heavy atom. The van der Waals surface area contributed by atoms with Gasteiger partial charge in [-0.3, -0.25) is 4.90 Å². The topological polar surface area (TPSA) is 12.5 Å². The molecule has 0 amide bonds. The van der Waals surface area contributed by atoms with Crippen molar-refractivity contribution >= 4 is 15.9 Å². The van der Waals surface area contributed by atoms with Crippen LogP contribution < -0.4 is 0 Å². The van der Waals surface area contributed by atoms with E-state index in [1.165, 1.54) is 5.56 Å². The van der Waals surface area contributed by atoms with Gasteiger partial charge >= 0.3 is 0 Å². The molecular formula is C13H20BrNO. The highest BCUT2D eigenvalue weighted by Gasteiger charge is 2.03. The van der Waals surface area contributed by atoms with Crippen LogP contribution in [0.4, 0.5) is 0 Å². The van der Waals surface area contributed by atoms with E-state index in [9.17, 15) is 0 Å². The number of hydrogen-bond acceptors (Lipinski definition) is 2. The average Bonchev–Trinajstić information content (AvgIpc) is 2.28. The second-order valence-corrected chi connectivity index (χ2v) is 4.61. The summed E-state index contributed by atoms with van der Waals surface area (Å²) in [6.45, 7) is 8.88. The van der Waals surface area contributed by atoms with Crippen molar-refractivity contribution < 1.29 is 4.74 Å². The summed E-state index contributed by atoms with van der Waals surface area (Å²) in [6.07, 6.45) is 0. The van der Waals surface area contributed by atoms with Crippen molar-refractivity contribution in [1.29, 1.82) is 0 Å². The van der Waals surface area contributed by atoms with Gasteiger partial charge in [0.25, 0.3) is 0 Å². The van der Waals surface area contributed by atoms with Crippen LogP contribution in [0.5, 0.6) is 0 Å². The first kappa shape index (κ1) is 13.7. The van der Waals surface area contributed by atoms with Crippen LogP contribution in [0.1, 0.15) is 19.4 Å². The summed E-state index contributed by atoms with van der Waals surface area (Å²) < 4.78 is 6.52. The van der Waals surface area contributed by atoms with Crippen molar-refractivity contribution in [3.05, 3.63) is 34.3 Å². The Kier molecular flexibility index (Phi) is 6.69. The van der Waals surface area contributed by atoms with Crippen LogP contribution in [0.25, 0.3) is 0 Å². The van der Waals surface area contributed by atoms with Crippen molar-refractivity contribution in [2.24, 2.45) is 0 Å². The van der Waals surface area contributed by atoms with E-state index in [1.54, 1.807) is 0 Å². The Morgan fingerprint density at radius 1 is 1.31 bits per heavy atom. The predicted octanol–water partition coefficient (Wildman–Crippen LogP) is 3.31. The molecule has 0 spiro atoms. The van der Waals surface area contributed by atoms with Crippen LogP contribution in [-0.4, -0.2) is 31.2 Å². The second-order valence-electron chi connectivity index (χ2n) is 3.70. The van der Waals surface area contributed by atoms with Gasteiger partial charge in [-0.2, -0.15) is 0 Å². The van der Waals surface area contributed by atoms with E-state index >= 15 is 0 Å². The Hall–Kier alpha value is -0.380. The van der Waals surface area contributed by atoms with Crippen molar-refractivity contribution in [2.45, 2.75) is 20.4 Å². The minimum atomic E-state index is 0.800. The normalized spacial score (nSPS) is 11.0. The van der Waals surface area contributed by atoms with E-state index < -0.39 is 0 Å². The summed E-state index contributed by atoms with van der Waals surface area (Å²) in [4.78, 5) is 2.39. The smallest absolute Gasteiger partial charge is 0.0593 e. The van der Waals surface area contributed by atoms with Gasteiger partial charge in [0.05, 0.1) is 6.61 Å². The number of nitrogens with zero attached hydrogens (tertiary/aromatic N) is 1. The lowest BCUT2D eigenvalue weighted by molar-refractivity contribution is 0.113. The third kappa shape index (κ3) is 5.10. The average molecular weight is 286 g/mol. The second kappa shape index (κ2) is 7.82. The summed E-state index contributed by atoms with van der Waals surface area (Å²) in [5.74, 6) is 0. The summed E-state index contributed by atoms with van der Waals surface area (Å²) in [7, 11) is 0. The predicted molar refractivity (Wildman–Crippen MR) is 71.6 cm³/mol. The number of rotatable bonds is 7. The lowest BCUT2D eigenvalue weighted by atomic mass is 10.2. The molecule has 0 fully saturated rings. The number of halogens is 1. The van der Waals surface area contributed by atoms with E-state index in [2.05, 4.69) is 52.0 Å². The quantitative estimate of drug-likeness (QED) is 0.713. The fraction of sp³-hybridized carbons (Fsp3) is 0.538. The van der Waals surface area contributed by atoms with Crippen molar-refractivity contribution in [3.8, 4) is 0 Å². The first-order valence-electron chi connectivity index (χ1n) is 5.80. The maximum absolute atomic E-state index is 5.38. The number of benzene rings is 1. The molecule has 3 heteroatoms. The minimum absolute atomic E-state index is 0.800. The molecule has 16 heavy (non-hydrogen) atoms. The van der Waals surface area contributed by atoms with Crippen LogP contribution in [0.2, 0.25) is 0 Å². The monoisotopic (exact) mass is 285 g/mol. The maximum atomic E-state index is 5.38. The largest absolute Gasteiger partial charge is 0.380 e. The minimum Gasteiger partial charge on any atom is -0.380 e. The molecule has 0 aliphatic rings. The molecule has 90 valence electrons. The van der Waals surface area contributed by atoms with Crippen LogP contribution in [-0.2, 0) is 11.3 Å². The van der Waals surface area contributed by atoms with E-state index in [0.717, 1.165) is 37.3 Å². The first-order chi connectivity index (χ1) is 7.76. The van der Waals surface area contributed by atoms with E-state index in [1.807, 2.05) is 6.92 Å².